The molecule has 1 aromatic rings. The van der Waals surface area contributed by atoms with E-state index in [9.17, 15) is 4.79 Å². The molecule has 2 heterocycles. The van der Waals surface area contributed by atoms with Gasteiger partial charge in [-0.15, -0.1) is 0 Å². The van der Waals surface area contributed by atoms with E-state index in [-0.39, 0.29) is 11.8 Å². The Kier molecular flexibility index (Phi) is 2.40. The Bertz CT molecular complexity index is 409. The van der Waals surface area contributed by atoms with Gasteiger partial charge in [-0.05, 0) is 12.8 Å². The lowest BCUT2D eigenvalue weighted by Crippen LogP contribution is -2.28. The molecule has 2 aliphatic rings. The number of carbonyl (C=O) groups excluding carboxylic acids is 1. The minimum atomic E-state index is 0.103. The van der Waals surface area contributed by atoms with Crippen LogP contribution in [0.25, 0.3) is 0 Å². The van der Waals surface area contributed by atoms with Gasteiger partial charge in [0, 0.05) is 23.6 Å². The number of aromatic nitrogens is 2. The molecule has 0 saturated heterocycles. The van der Waals surface area contributed by atoms with Crippen LogP contribution >= 0.6 is 0 Å². The molecule has 1 aliphatic heterocycles. The van der Waals surface area contributed by atoms with Gasteiger partial charge < -0.3 is 10.1 Å². The fraction of sp³-hybridized carbons (Fsp3) is 0.636. The Morgan fingerprint density at radius 3 is 3.12 bits per heavy atom. The molecule has 1 amide bonds. The average molecular weight is 221 g/mol. The smallest absolute Gasteiger partial charge is 0.228 e. The topological polar surface area (TPSA) is 67.0 Å². The molecule has 0 aromatic carbocycles. The summed E-state index contributed by atoms with van der Waals surface area (Å²) >= 11 is 0. The van der Waals surface area contributed by atoms with E-state index in [2.05, 4.69) is 15.5 Å². The van der Waals surface area contributed by atoms with Gasteiger partial charge in [0.25, 0.3) is 0 Å². The molecule has 2 N–H and O–H groups in total. The van der Waals surface area contributed by atoms with E-state index < -0.39 is 0 Å². The molecule has 0 atom stereocenters. The zero-order valence-electron chi connectivity index (χ0n) is 9.08. The number of fused-ring (bicyclic) bond motifs is 1. The molecule has 1 saturated carbocycles. The molecule has 0 bridgehead atoms. The molecule has 0 spiro atoms. The maximum atomic E-state index is 11.8. The molecule has 0 unspecified atom stereocenters. The van der Waals surface area contributed by atoms with Crippen LogP contribution < -0.4 is 5.32 Å². The molecule has 1 fully saturated rings. The standard InChI is InChI=1S/C11H15N3O2/c15-11(7-2-1-3-7)12-10-8-6-16-5-4-9(8)13-14-10/h7H,1-6H2,(H2,12,13,14,15). The summed E-state index contributed by atoms with van der Waals surface area (Å²) in [6.45, 7) is 1.28. The largest absolute Gasteiger partial charge is 0.376 e. The van der Waals surface area contributed by atoms with E-state index in [1.54, 1.807) is 0 Å². The molecule has 16 heavy (non-hydrogen) atoms. The van der Waals surface area contributed by atoms with E-state index in [0.717, 1.165) is 37.1 Å². The zero-order valence-corrected chi connectivity index (χ0v) is 9.08. The number of hydrogen-bond acceptors (Lipinski definition) is 3. The van der Waals surface area contributed by atoms with Crippen molar-refractivity contribution in [1.82, 2.24) is 10.2 Å². The fourth-order valence-corrected chi connectivity index (χ4v) is 2.10. The van der Waals surface area contributed by atoms with Crippen LogP contribution in [-0.2, 0) is 22.6 Å². The van der Waals surface area contributed by atoms with Crippen molar-refractivity contribution in [3.8, 4) is 0 Å². The number of aromatic amines is 1. The van der Waals surface area contributed by atoms with Crippen molar-refractivity contribution in [2.75, 3.05) is 11.9 Å². The second-order valence-electron chi connectivity index (χ2n) is 4.45. The highest BCUT2D eigenvalue weighted by atomic mass is 16.5. The summed E-state index contributed by atoms with van der Waals surface area (Å²) in [5, 5.41) is 9.99. The van der Waals surface area contributed by atoms with Gasteiger partial charge >= 0.3 is 0 Å². The fourth-order valence-electron chi connectivity index (χ4n) is 2.10. The first kappa shape index (κ1) is 9.84. The molecule has 86 valence electrons. The first-order chi connectivity index (χ1) is 7.84. The number of hydrogen-bond donors (Lipinski definition) is 2. The second-order valence-corrected chi connectivity index (χ2v) is 4.45. The lowest BCUT2D eigenvalue weighted by Gasteiger charge is -2.23. The third-order valence-electron chi connectivity index (χ3n) is 3.41. The van der Waals surface area contributed by atoms with Crippen LogP contribution in [0.2, 0.25) is 0 Å². The first-order valence-electron chi connectivity index (χ1n) is 5.79. The zero-order chi connectivity index (χ0) is 11.0. The molecular formula is C11H15N3O2. The molecule has 3 rings (SSSR count). The van der Waals surface area contributed by atoms with Crippen molar-refractivity contribution >= 4 is 11.7 Å². The molecule has 1 aliphatic carbocycles. The van der Waals surface area contributed by atoms with Gasteiger partial charge in [-0.1, -0.05) is 6.42 Å². The minimum absolute atomic E-state index is 0.103. The van der Waals surface area contributed by atoms with Gasteiger partial charge in [-0.2, -0.15) is 5.10 Å². The van der Waals surface area contributed by atoms with E-state index in [1.807, 2.05) is 0 Å². The Hall–Kier alpha value is -1.36. The lowest BCUT2D eigenvalue weighted by molar-refractivity contribution is -0.122. The van der Waals surface area contributed by atoms with Gasteiger partial charge in [0.15, 0.2) is 5.82 Å². The second kappa shape index (κ2) is 3.90. The third-order valence-corrected chi connectivity index (χ3v) is 3.41. The Morgan fingerprint density at radius 2 is 2.38 bits per heavy atom. The Morgan fingerprint density at radius 1 is 1.50 bits per heavy atom. The molecule has 1 aromatic heterocycles. The molecule has 0 radical (unpaired) electrons. The van der Waals surface area contributed by atoms with Crippen LogP contribution in [-0.4, -0.2) is 22.7 Å². The number of rotatable bonds is 2. The summed E-state index contributed by atoms with van der Waals surface area (Å²) in [6.07, 6.45) is 4.03. The van der Waals surface area contributed by atoms with Crippen molar-refractivity contribution < 1.29 is 9.53 Å². The van der Waals surface area contributed by atoms with E-state index in [4.69, 9.17) is 4.74 Å². The number of nitrogens with one attached hydrogen (secondary N) is 2. The number of carbonyl (C=O) groups is 1. The summed E-state index contributed by atoms with van der Waals surface area (Å²) in [4.78, 5) is 11.8. The van der Waals surface area contributed by atoms with Crippen LogP contribution in [0.3, 0.4) is 0 Å². The number of H-pyrrole nitrogens is 1. The predicted octanol–water partition coefficient (Wildman–Crippen LogP) is 1.22. The van der Waals surface area contributed by atoms with Crippen LogP contribution in [0.4, 0.5) is 5.82 Å². The summed E-state index contributed by atoms with van der Waals surface area (Å²) in [5.74, 6) is 0.953. The number of anilines is 1. The van der Waals surface area contributed by atoms with Crippen molar-refractivity contribution in [1.29, 1.82) is 0 Å². The van der Waals surface area contributed by atoms with Crippen LogP contribution in [0.15, 0.2) is 0 Å². The van der Waals surface area contributed by atoms with Crippen molar-refractivity contribution in [2.24, 2.45) is 5.92 Å². The van der Waals surface area contributed by atoms with Gasteiger partial charge in [-0.25, -0.2) is 0 Å². The van der Waals surface area contributed by atoms with Crippen LogP contribution in [0.1, 0.15) is 30.5 Å². The van der Waals surface area contributed by atoms with Crippen molar-refractivity contribution in [3.63, 3.8) is 0 Å². The minimum Gasteiger partial charge on any atom is -0.376 e. The number of amides is 1. The lowest BCUT2D eigenvalue weighted by atomic mass is 9.85. The first-order valence-corrected chi connectivity index (χ1v) is 5.79. The van der Waals surface area contributed by atoms with Crippen LogP contribution in [0, 0.1) is 5.92 Å². The van der Waals surface area contributed by atoms with Crippen LogP contribution in [0.5, 0.6) is 0 Å². The Balaban J connectivity index is 1.74. The van der Waals surface area contributed by atoms with E-state index >= 15 is 0 Å². The summed E-state index contributed by atoms with van der Waals surface area (Å²) in [7, 11) is 0. The monoisotopic (exact) mass is 221 g/mol. The van der Waals surface area contributed by atoms with Gasteiger partial charge in [-0.3, -0.25) is 9.89 Å². The van der Waals surface area contributed by atoms with Gasteiger partial charge in [0.05, 0.1) is 13.2 Å². The molecule has 5 nitrogen and oxygen atoms in total. The van der Waals surface area contributed by atoms with Crippen molar-refractivity contribution in [3.05, 3.63) is 11.3 Å². The highest BCUT2D eigenvalue weighted by Gasteiger charge is 2.27. The highest BCUT2D eigenvalue weighted by molar-refractivity contribution is 5.92. The SMILES string of the molecule is O=C(Nc1n[nH]c2c1COCC2)C1CCC1. The van der Waals surface area contributed by atoms with Gasteiger partial charge in [0.1, 0.15) is 0 Å². The highest BCUT2D eigenvalue weighted by Crippen LogP contribution is 2.29. The van der Waals surface area contributed by atoms with Gasteiger partial charge in [0.2, 0.25) is 5.91 Å². The quantitative estimate of drug-likeness (QED) is 0.789. The third kappa shape index (κ3) is 1.61. The predicted molar refractivity (Wildman–Crippen MR) is 57.9 cm³/mol. The maximum absolute atomic E-state index is 11.8. The van der Waals surface area contributed by atoms with E-state index in [1.165, 1.54) is 6.42 Å². The Labute approximate surface area is 93.6 Å². The normalized spacial score (nSPS) is 20.0. The average Bonchev–Trinajstić information content (AvgIpc) is 2.59. The summed E-state index contributed by atoms with van der Waals surface area (Å²) < 4.78 is 5.37. The molecular weight excluding hydrogens is 206 g/mol. The summed E-state index contributed by atoms with van der Waals surface area (Å²) in [6, 6.07) is 0. The molecule has 5 heteroatoms. The number of ether oxygens (including phenoxy) is 1. The summed E-state index contributed by atoms with van der Waals surface area (Å²) in [5.41, 5.74) is 2.11. The van der Waals surface area contributed by atoms with E-state index in [0.29, 0.717) is 12.4 Å². The maximum Gasteiger partial charge on any atom is 0.228 e. The van der Waals surface area contributed by atoms with Crippen molar-refractivity contribution in [2.45, 2.75) is 32.3 Å². The number of nitrogens with zero attached hydrogens (tertiary/aromatic N) is 1.